The van der Waals surface area contributed by atoms with E-state index in [0.717, 1.165) is 62.3 Å². The molecule has 23 nitrogen and oxygen atoms in total. The first-order valence-corrected chi connectivity index (χ1v) is 18.0. The highest BCUT2D eigenvalue weighted by Gasteiger charge is 2.58. The zero-order valence-electron chi connectivity index (χ0n) is 33.7. The zero-order chi connectivity index (χ0) is 44.1. The fraction of sp³-hybridized carbons (Fsp3) is 0.694. The van der Waals surface area contributed by atoms with Gasteiger partial charge in [-0.3, -0.25) is 43.2 Å². The Morgan fingerprint density at radius 2 is 0.729 bits per heavy atom. The third-order valence-electron chi connectivity index (χ3n) is 8.14. The van der Waals surface area contributed by atoms with Crippen LogP contribution in [-0.4, -0.2) is 153 Å². The van der Waals surface area contributed by atoms with Crippen LogP contribution in [0.2, 0.25) is 0 Å². The van der Waals surface area contributed by atoms with E-state index in [-0.39, 0.29) is 0 Å². The maximum absolute atomic E-state index is 12.8. The summed E-state index contributed by atoms with van der Waals surface area (Å²) in [6, 6.07) is 0. The first-order valence-electron chi connectivity index (χ1n) is 18.0. The quantitative estimate of drug-likeness (QED) is 0.138. The topological polar surface area (TPSA) is 283 Å². The minimum Gasteiger partial charge on any atom is -0.492 e. The first kappa shape index (κ1) is 48.0. The molecule has 3 rings (SSSR count). The van der Waals surface area contributed by atoms with Crippen molar-refractivity contribution in [1.29, 1.82) is 0 Å². The molecule has 0 bridgehead atoms. The van der Waals surface area contributed by atoms with E-state index in [1.807, 2.05) is 0 Å². The van der Waals surface area contributed by atoms with Crippen LogP contribution >= 0.6 is 0 Å². The molecule has 2 saturated heterocycles. The number of carbonyl (C=O) groups is 9. The summed E-state index contributed by atoms with van der Waals surface area (Å²) in [4.78, 5) is 110. The molecular formula is C36H48O23. The van der Waals surface area contributed by atoms with Crippen molar-refractivity contribution in [2.45, 2.75) is 142 Å². The highest BCUT2D eigenvalue weighted by atomic mass is 16.8. The second-order valence-electron chi connectivity index (χ2n) is 13.1. The molecule has 2 fully saturated rings. The van der Waals surface area contributed by atoms with Crippen molar-refractivity contribution in [2.24, 2.45) is 0 Å². The molecule has 5 unspecified atom stereocenters. The van der Waals surface area contributed by atoms with Crippen LogP contribution in [0.5, 0.6) is 0 Å². The Morgan fingerprint density at radius 1 is 0.390 bits per heavy atom. The lowest BCUT2D eigenvalue weighted by atomic mass is 9.95. The molecule has 330 valence electrons. The predicted octanol–water partition coefficient (Wildman–Crippen LogP) is -0.601. The van der Waals surface area contributed by atoms with Gasteiger partial charge in [0.2, 0.25) is 0 Å². The lowest BCUT2D eigenvalue weighted by molar-refractivity contribution is -0.368. The Kier molecular flexibility index (Phi) is 18.0. The average molecular weight is 849 g/mol. The molecule has 3 aliphatic heterocycles. The largest absolute Gasteiger partial charge is 0.492 e. The Labute approximate surface area is 337 Å². The van der Waals surface area contributed by atoms with Crippen molar-refractivity contribution in [3.8, 4) is 0 Å². The Hall–Kier alpha value is -5.39. The zero-order valence-corrected chi connectivity index (χ0v) is 33.7. The Morgan fingerprint density at radius 3 is 1.14 bits per heavy atom. The molecule has 3 heterocycles. The number of hydrogen-bond donors (Lipinski definition) is 0. The maximum Gasteiger partial charge on any atom is 0.303 e. The van der Waals surface area contributed by atoms with Crippen molar-refractivity contribution >= 4 is 53.7 Å². The van der Waals surface area contributed by atoms with E-state index in [9.17, 15) is 43.2 Å². The van der Waals surface area contributed by atoms with Crippen LogP contribution in [0.25, 0.3) is 0 Å². The highest BCUT2D eigenvalue weighted by Crippen LogP contribution is 2.37. The summed E-state index contributed by atoms with van der Waals surface area (Å²) in [5, 5.41) is 0. The molecule has 0 aromatic heterocycles. The normalized spacial score (nSPS) is 31.2. The summed E-state index contributed by atoms with van der Waals surface area (Å²) in [6.45, 7) is 7.62. The molecule has 0 saturated carbocycles. The van der Waals surface area contributed by atoms with Crippen LogP contribution in [0.3, 0.4) is 0 Å². The number of ether oxygens (including phenoxy) is 14. The average Bonchev–Trinajstić information content (AvgIpc) is 3.10. The molecule has 0 amide bonds. The van der Waals surface area contributed by atoms with Crippen molar-refractivity contribution < 1.29 is 109 Å². The molecular weight excluding hydrogens is 800 g/mol. The maximum atomic E-state index is 12.8. The van der Waals surface area contributed by atoms with Crippen LogP contribution in [-0.2, 0) is 109 Å². The van der Waals surface area contributed by atoms with E-state index in [0.29, 0.717) is 0 Å². The Balaban J connectivity index is 2.21. The third kappa shape index (κ3) is 14.7. The highest BCUT2D eigenvalue weighted by molar-refractivity contribution is 5.70. The van der Waals surface area contributed by atoms with Crippen LogP contribution in [0, 0.1) is 0 Å². The SMILES string of the molecule is CC(=O)OCC1O[C@@H](O[C@H]2C(COC(C)=O)O[C@@H](O[C@H]3C(COC(C)=O)OC=C[C@H]3OC(C)=O)C(OC(C)=O)[C@H]2OC(C)=O)C(OC(C)=O)[C@@H](OC(C)=O)[C@H]1OC(C)=O. The van der Waals surface area contributed by atoms with Crippen LogP contribution in [0.15, 0.2) is 12.3 Å². The smallest absolute Gasteiger partial charge is 0.303 e. The van der Waals surface area contributed by atoms with Gasteiger partial charge in [0.1, 0.15) is 44.2 Å². The number of hydrogen-bond acceptors (Lipinski definition) is 23. The molecule has 59 heavy (non-hydrogen) atoms. The van der Waals surface area contributed by atoms with Crippen LogP contribution in [0.1, 0.15) is 62.3 Å². The van der Waals surface area contributed by atoms with Gasteiger partial charge in [-0.15, -0.1) is 0 Å². The first-order chi connectivity index (χ1) is 27.7. The molecule has 0 N–H and O–H groups in total. The summed E-state index contributed by atoms with van der Waals surface area (Å²) in [5.41, 5.74) is 0. The van der Waals surface area contributed by atoms with Crippen molar-refractivity contribution in [3.05, 3.63) is 12.3 Å². The standard InChI is InChI=1S/C36H48O23/c1-15(37)47-12-25-28(24(10-11-46-25)50-18(4)40)58-35-34(55-23(9)45)32(53-21(7)43)30(27(57-35)14-49-17(3)39)59-36-33(54-22(8)44)31(52-20(6)42)29(51-19(5)41)26(56-36)13-48-16(2)38/h10-11,24-36H,12-14H2,1-9H3/t24-,25?,26?,27?,28-,29+,30+,31+,32+,33?,34?,35+,36+/m1/s1. The van der Waals surface area contributed by atoms with Gasteiger partial charge in [0, 0.05) is 62.3 Å². The van der Waals surface area contributed by atoms with Crippen molar-refractivity contribution in [3.63, 3.8) is 0 Å². The van der Waals surface area contributed by atoms with Gasteiger partial charge in [-0.1, -0.05) is 0 Å². The second-order valence-corrected chi connectivity index (χ2v) is 13.1. The fourth-order valence-electron chi connectivity index (χ4n) is 6.16. The van der Waals surface area contributed by atoms with Gasteiger partial charge in [-0.05, 0) is 6.08 Å². The van der Waals surface area contributed by atoms with Gasteiger partial charge in [0.05, 0.1) is 6.26 Å². The van der Waals surface area contributed by atoms with E-state index < -0.39 is 153 Å². The minimum absolute atomic E-state index is 0.439. The minimum atomic E-state index is -1.91. The molecule has 3 aliphatic rings. The van der Waals surface area contributed by atoms with Crippen LogP contribution in [0.4, 0.5) is 0 Å². The van der Waals surface area contributed by atoms with Gasteiger partial charge in [0.25, 0.3) is 0 Å². The summed E-state index contributed by atoms with van der Waals surface area (Å²) < 4.78 is 79.1. The lowest BCUT2D eigenvalue weighted by Gasteiger charge is -2.49. The van der Waals surface area contributed by atoms with E-state index in [4.69, 9.17) is 66.3 Å². The van der Waals surface area contributed by atoms with Crippen LogP contribution < -0.4 is 0 Å². The fourth-order valence-corrected chi connectivity index (χ4v) is 6.16. The lowest BCUT2D eigenvalue weighted by Crippen LogP contribution is -2.67. The van der Waals surface area contributed by atoms with Gasteiger partial charge < -0.3 is 66.3 Å². The van der Waals surface area contributed by atoms with E-state index in [1.54, 1.807) is 0 Å². The van der Waals surface area contributed by atoms with Gasteiger partial charge in [-0.25, -0.2) is 0 Å². The monoisotopic (exact) mass is 848 g/mol. The van der Waals surface area contributed by atoms with Gasteiger partial charge in [0.15, 0.2) is 55.3 Å². The predicted molar refractivity (Wildman–Crippen MR) is 184 cm³/mol. The summed E-state index contributed by atoms with van der Waals surface area (Å²) in [6.07, 6.45) is -18.5. The van der Waals surface area contributed by atoms with Crippen molar-refractivity contribution in [2.75, 3.05) is 19.8 Å². The van der Waals surface area contributed by atoms with E-state index >= 15 is 0 Å². The Bertz CT molecular complexity index is 1590. The number of rotatable bonds is 16. The summed E-state index contributed by atoms with van der Waals surface area (Å²) in [7, 11) is 0. The molecule has 0 aromatic carbocycles. The van der Waals surface area contributed by atoms with E-state index in [1.165, 1.54) is 12.3 Å². The molecule has 0 radical (unpaired) electrons. The third-order valence-corrected chi connectivity index (χ3v) is 8.14. The van der Waals surface area contributed by atoms with Crippen molar-refractivity contribution in [1.82, 2.24) is 0 Å². The summed E-state index contributed by atoms with van der Waals surface area (Å²) in [5.74, 6) is -7.85. The molecule has 0 aliphatic carbocycles. The number of esters is 9. The summed E-state index contributed by atoms with van der Waals surface area (Å²) >= 11 is 0. The number of carbonyl (C=O) groups excluding carboxylic acids is 9. The van der Waals surface area contributed by atoms with Gasteiger partial charge >= 0.3 is 53.7 Å². The molecule has 0 spiro atoms. The molecule has 23 heteroatoms. The second kappa shape index (κ2) is 22.1. The molecule has 0 aromatic rings. The van der Waals surface area contributed by atoms with E-state index in [2.05, 4.69) is 0 Å². The molecule has 13 atom stereocenters. The van der Waals surface area contributed by atoms with Gasteiger partial charge in [-0.2, -0.15) is 0 Å².